The molecule has 1 aromatic carbocycles. The summed E-state index contributed by atoms with van der Waals surface area (Å²) in [6.45, 7) is 7.09. The van der Waals surface area contributed by atoms with E-state index in [0.29, 0.717) is 40.0 Å². The van der Waals surface area contributed by atoms with Gasteiger partial charge in [-0.05, 0) is 44.5 Å². The second-order valence-electron chi connectivity index (χ2n) is 6.00. The molecular weight excluding hydrogens is 376 g/mol. The van der Waals surface area contributed by atoms with Gasteiger partial charge in [-0.15, -0.1) is 10.2 Å². The molecule has 3 aromatic rings. The Balaban J connectivity index is 2.02. The van der Waals surface area contributed by atoms with Crippen LogP contribution in [0, 0.1) is 20.8 Å². The van der Waals surface area contributed by atoms with Gasteiger partial charge in [-0.25, -0.2) is 8.42 Å². The highest BCUT2D eigenvalue weighted by atomic mass is 35.5. The molecule has 0 bridgehead atoms. The molecule has 2 heterocycles. The minimum Gasteiger partial charge on any atom is -0.419 e. The monoisotopic (exact) mass is 394 g/mol. The molecule has 3 rings (SSSR count). The van der Waals surface area contributed by atoms with E-state index in [1.165, 1.54) is 0 Å². The van der Waals surface area contributed by atoms with E-state index < -0.39 is 10.0 Å². The summed E-state index contributed by atoms with van der Waals surface area (Å²) in [6.07, 6.45) is 0.605. The number of aromatic amines is 1. The van der Waals surface area contributed by atoms with Crippen molar-refractivity contribution >= 4 is 27.3 Å². The Morgan fingerprint density at radius 2 is 1.96 bits per heavy atom. The molecule has 7 nitrogen and oxygen atoms in total. The number of aryl methyl sites for hydroxylation is 3. The number of nitrogens with zero attached hydrogens (tertiary/aromatic N) is 2. The van der Waals surface area contributed by atoms with Crippen LogP contribution in [-0.2, 0) is 16.4 Å². The van der Waals surface area contributed by atoms with Gasteiger partial charge in [0.25, 0.3) is 15.9 Å². The molecule has 0 fully saturated rings. The first-order chi connectivity index (χ1) is 12.2. The minimum absolute atomic E-state index is 0.165. The van der Waals surface area contributed by atoms with Gasteiger partial charge in [0.15, 0.2) is 0 Å². The molecule has 0 saturated heterocycles. The van der Waals surface area contributed by atoms with Crippen molar-refractivity contribution in [1.29, 1.82) is 0 Å². The van der Waals surface area contributed by atoms with Crippen LogP contribution in [0.1, 0.15) is 29.6 Å². The van der Waals surface area contributed by atoms with E-state index in [1.807, 2.05) is 6.92 Å². The van der Waals surface area contributed by atoms with Gasteiger partial charge in [-0.2, -0.15) is 0 Å². The summed E-state index contributed by atoms with van der Waals surface area (Å²) >= 11 is 5.94. The van der Waals surface area contributed by atoms with E-state index in [4.69, 9.17) is 16.0 Å². The fourth-order valence-corrected chi connectivity index (χ4v) is 4.59. The van der Waals surface area contributed by atoms with Crippen LogP contribution in [-0.4, -0.2) is 23.6 Å². The first kappa shape index (κ1) is 18.5. The molecule has 0 radical (unpaired) electrons. The van der Waals surface area contributed by atoms with E-state index in [-0.39, 0.29) is 10.8 Å². The normalized spacial score (nSPS) is 11.7. The quantitative estimate of drug-likeness (QED) is 0.680. The second kappa shape index (κ2) is 6.77. The van der Waals surface area contributed by atoms with Gasteiger partial charge in [0.05, 0.1) is 5.69 Å². The van der Waals surface area contributed by atoms with Crippen molar-refractivity contribution in [2.24, 2.45) is 0 Å². The van der Waals surface area contributed by atoms with Crippen molar-refractivity contribution in [1.82, 2.24) is 15.2 Å². The van der Waals surface area contributed by atoms with E-state index in [0.717, 1.165) is 5.56 Å². The Morgan fingerprint density at radius 1 is 1.23 bits per heavy atom. The number of nitrogens with one attached hydrogen (secondary N) is 2. The number of halogens is 1. The first-order valence-electron chi connectivity index (χ1n) is 8.03. The van der Waals surface area contributed by atoms with Crippen LogP contribution in [0.25, 0.3) is 11.6 Å². The zero-order valence-electron chi connectivity index (χ0n) is 14.8. The molecule has 0 atom stereocenters. The van der Waals surface area contributed by atoms with Crippen LogP contribution in [0.15, 0.2) is 27.5 Å². The fraction of sp³-hybridized carbons (Fsp3) is 0.294. The molecule has 2 N–H and O–H groups in total. The Kier molecular flexibility index (Phi) is 4.81. The molecule has 9 heteroatoms. The van der Waals surface area contributed by atoms with Crippen LogP contribution in [0.2, 0.25) is 5.02 Å². The number of rotatable bonds is 5. The molecule has 0 spiro atoms. The third kappa shape index (κ3) is 3.34. The third-order valence-electron chi connectivity index (χ3n) is 4.05. The molecule has 0 aliphatic heterocycles. The number of aromatic nitrogens is 3. The van der Waals surface area contributed by atoms with Gasteiger partial charge in [-0.3, -0.25) is 4.72 Å². The number of hydrogen-bond acceptors (Lipinski definition) is 5. The lowest BCUT2D eigenvalue weighted by atomic mass is 10.2. The number of hydrogen-bond donors (Lipinski definition) is 2. The molecule has 138 valence electrons. The SMILES string of the molecule is CCc1nnc(-c2[nH]c(C)c(S(=O)(=O)Nc3ccc(Cl)cc3C)c2C)o1. The largest absolute Gasteiger partial charge is 0.419 e. The molecule has 0 unspecified atom stereocenters. The summed E-state index contributed by atoms with van der Waals surface area (Å²) in [7, 11) is -3.81. The first-order valence-corrected chi connectivity index (χ1v) is 9.90. The van der Waals surface area contributed by atoms with E-state index in [1.54, 1.807) is 39.0 Å². The predicted octanol–water partition coefficient (Wildman–Crippen LogP) is 4.01. The van der Waals surface area contributed by atoms with Crippen LogP contribution >= 0.6 is 11.6 Å². The van der Waals surface area contributed by atoms with Gasteiger partial charge < -0.3 is 9.40 Å². The van der Waals surface area contributed by atoms with Crippen molar-refractivity contribution in [2.45, 2.75) is 39.0 Å². The number of anilines is 1. The maximum Gasteiger partial charge on any atom is 0.264 e. The van der Waals surface area contributed by atoms with Gasteiger partial charge in [0.1, 0.15) is 10.6 Å². The topological polar surface area (TPSA) is 101 Å². The second-order valence-corrected chi connectivity index (χ2v) is 8.05. The Hall–Kier alpha value is -2.32. The van der Waals surface area contributed by atoms with Crippen LogP contribution in [0.5, 0.6) is 0 Å². The Labute approximate surface area is 156 Å². The average Bonchev–Trinajstić information content (AvgIpc) is 3.14. The predicted molar refractivity (Wildman–Crippen MR) is 99.9 cm³/mol. The third-order valence-corrected chi connectivity index (χ3v) is 5.93. The fourth-order valence-electron chi connectivity index (χ4n) is 2.78. The summed E-state index contributed by atoms with van der Waals surface area (Å²) in [5, 5.41) is 8.46. The van der Waals surface area contributed by atoms with Crippen LogP contribution in [0.4, 0.5) is 5.69 Å². The van der Waals surface area contributed by atoms with Crippen molar-refractivity contribution < 1.29 is 12.8 Å². The number of sulfonamides is 1. The summed E-state index contributed by atoms with van der Waals surface area (Å²) in [5.74, 6) is 0.762. The minimum atomic E-state index is -3.81. The molecule has 0 saturated carbocycles. The molecule has 26 heavy (non-hydrogen) atoms. The Bertz CT molecular complexity index is 1070. The van der Waals surface area contributed by atoms with Crippen molar-refractivity contribution in [3.63, 3.8) is 0 Å². The molecule has 0 aliphatic carbocycles. The molecule has 0 amide bonds. The van der Waals surface area contributed by atoms with Gasteiger partial charge in [0, 0.05) is 22.7 Å². The zero-order valence-corrected chi connectivity index (χ0v) is 16.4. The molecular formula is C17H19ClN4O3S. The maximum absolute atomic E-state index is 13.0. The lowest BCUT2D eigenvalue weighted by molar-refractivity contribution is 0.511. The van der Waals surface area contributed by atoms with Gasteiger partial charge in [-0.1, -0.05) is 18.5 Å². The van der Waals surface area contributed by atoms with Crippen molar-refractivity contribution in [3.05, 3.63) is 45.9 Å². The lowest BCUT2D eigenvalue weighted by Gasteiger charge is -2.11. The van der Waals surface area contributed by atoms with E-state index >= 15 is 0 Å². The van der Waals surface area contributed by atoms with E-state index in [2.05, 4.69) is 19.9 Å². The summed E-state index contributed by atoms with van der Waals surface area (Å²) in [6, 6.07) is 4.98. The van der Waals surface area contributed by atoms with Gasteiger partial charge in [0.2, 0.25) is 5.89 Å². The molecule has 2 aromatic heterocycles. The average molecular weight is 395 g/mol. The smallest absolute Gasteiger partial charge is 0.264 e. The standard InChI is InChI=1S/C17H19ClN4O3S/c1-5-14-20-21-17(25-14)15-10(3)16(11(4)19-15)26(23,24)22-13-7-6-12(18)8-9(13)2/h6-8,19,22H,5H2,1-4H3. The van der Waals surface area contributed by atoms with Crippen molar-refractivity contribution in [2.75, 3.05) is 4.72 Å². The highest BCUT2D eigenvalue weighted by molar-refractivity contribution is 7.92. The summed E-state index contributed by atoms with van der Waals surface area (Å²) in [5.41, 5.74) is 2.72. The Morgan fingerprint density at radius 3 is 2.58 bits per heavy atom. The highest BCUT2D eigenvalue weighted by Gasteiger charge is 2.27. The van der Waals surface area contributed by atoms with E-state index in [9.17, 15) is 8.42 Å². The van der Waals surface area contributed by atoms with Crippen molar-refractivity contribution in [3.8, 4) is 11.6 Å². The maximum atomic E-state index is 13.0. The van der Waals surface area contributed by atoms with Crippen LogP contribution < -0.4 is 4.72 Å². The summed E-state index contributed by atoms with van der Waals surface area (Å²) < 4.78 is 34.1. The number of H-pyrrole nitrogens is 1. The zero-order chi connectivity index (χ0) is 19.1. The van der Waals surface area contributed by atoms with Gasteiger partial charge >= 0.3 is 0 Å². The summed E-state index contributed by atoms with van der Waals surface area (Å²) in [4.78, 5) is 3.21. The lowest BCUT2D eigenvalue weighted by Crippen LogP contribution is -2.15. The highest BCUT2D eigenvalue weighted by Crippen LogP contribution is 2.32. The number of benzene rings is 1. The van der Waals surface area contributed by atoms with Crippen LogP contribution in [0.3, 0.4) is 0 Å². The molecule has 0 aliphatic rings.